The average Bonchev–Trinajstić information content (AvgIpc) is 2.97. The minimum absolute atomic E-state index is 0.203. The molecule has 0 radical (unpaired) electrons. The number of amides is 1. The second kappa shape index (κ2) is 6.25. The van der Waals surface area contributed by atoms with Gasteiger partial charge in [-0.2, -0.15) is 4.99 Å². The molecule has 0 spiro atoms. The highest BCUT2D eigenvalue weighted by Crippen LogP contribution is 2.37. The lowest BCUT2D eigenvalue weighted by atomic mass is 10.1. The van der Waals surface area contributed by atoms with E-state index in [0.717, 1.165) is 29.6 Å². The lowest BCUT2D eigenvalue weighted by molar-refractivity contribution is -0.113. The number of morpholine rings is 1. The highest BCUT2D eigenvalue weighted by Gasteiger charge is 2.27. The van der Waals surface area contributed by atoms with Crippen molar-refractivity contribution >= 4 is 28.9 Å². The van der Waals surface area contributed by atoms with Crippen LogP contribution in [0.1, 0.15) is 5.56 Å². The van der Waals surface area contributed by atoms with Crippen LogP contribution in [-0.4, -0.2) is 55.5 Å². The number of benzene rings is 1. The topological polar surface area (TPSA) is 60.4 Å². The monoisotopic (exact) mass is 332 g/mol. The van der Waals surface area contributed by atoms with Gasteiger partial charge in [-0.3, -0.25) is 4.79 Å². The van der Waals surface area contributed by atoms with Crippen LogP contribution >= 0.6 is 11.8 Å². The number of aliphatic imine (C=N–C) groups is 1. The number of thioether (sulfide) groups is 1. The normalized spacial score (nSPS) is 22.4. The Kier molecular flexibility index (Phi) is 3.97. The molecule has 4 rings (SSSR count). The third kappa shape index (κ3) is 2.94. The van der Waals surface area contributed by atoms with E-state index in [9.17, 15) is 4.79 Å². The maximum atomic E-state index is 12.2. The molecule has 1 amide bonds. The zero-order chi connectivity index (χ0) is 15.6. The Morgan fingerprint density at radius 1 is 1.13 bits per heavy atom. The fraction of sp³-hybridized carbons (Fsp3) is 0.375. The molecule has 0 unspecified atom stereocenters. The quantitative estimate of drug-likeness (QED) is 0.731. The van der Waals surface area contributed by atoms with Crippen LogP contribution in [0.25, 0.3) is 6.08 Å². The van der Waals surface area contributed by atoms with E-state index in [1.54, 1.807) is 0 Å². The molecule has 3 aliphatic rings. The van der Waals surface area contributed by atoms with Gasteiger partial charge in [0, 0.05) is 18.7 Å². The lowest BCUT2D eigenvalue weighted by Crippen LogP contribution is -2.38. The molecule has 0 N–H and O–H groups in total. The van der Waals surface area contributed by atoms with Gasteiger partial charge in [0.1, 0.15) is 13.2 Å². The van der Waals surface area contributed by atoms with Gasteiger partial charge in [-0.25, -0.2) is 0 Å². The fourth-order valence-electron chi connectivity index (χ4n) is 2.64. The van der Waals surface area contributed by atoms with E-state index < -0.39 is 0 Å². The second-order valence-electron chi connectivity index (χ2n) is 5.28. The molecule has 1 aromatic carbocycles. The first-order valence-electron chi connectivity index (χ1n) is 7.55. The Morgan fingerprint density at radius 3 is 2.83 bits per heavy atom. The first-order chi connectivity index (χ1) is 11.3. The molecule has 0 aromatic heterocycles. The smallest absolute Gasteiger partial charge is 0.286 e. The van der Waals surface area contributed by atoms with Gasteiger partial charge in [0.2, 0.25) is 0 Å². The Labute approximate surface area is 138 Å². The van der Waals surface area contributed by atoms with Crippen LogP contribution in [0.5, 0.6) is 11.5 Å². The van der Waals surface area contributed by atoms with Crippen molar-refractivity contribution in [2.75, 3.05) is 39.5 Å². The van der Waals surface area contributed by atoms with Gasteiger partial charge in [0.15, 0.2) is 16.7 Å². The summed E-state index contributed by atoms with van der Waals surface area (Å²) < 4.78 is 16.6. The predicted molar refractivity (Wildman–Crippen MR) is 87.8 cm³/mol. The lowest BCUT2D eigenvalue weighted by Gasteiger charge is -2.27. The van der Waals surface area contributed by atoms with Gasteiger partial charge < -0.3 is 19.1 Å². The summed E-state index contributed by atoms with van der Waals surface area (Å²) in [7, 11) is 0. The third-order valence-corrected chi connectivity index (χ3v) is 4.82. The maximum Gasteiger partial charge on any atom is 0.286 e. The summed E-state index contributed by atoms with van der Waals surface area (Å²) in [5.74, 6) is 1.21. The van der Waals surface area contributed by atoms with E-state index >= 15 is 0 Å². The SMILES string of the molecule is O=C1N=C(N2CCOCC2)S/C1=C/c1cccc2c1OCCO2. The summed E-state index contributed by atoms with van der Waals surface area (Å²) in [6.45, 7) is 3.94. The third-order valence-electron chi connectivity index (χ3n) is 3.77. The molecule has 1 aromatic rings. The summed E-state index contributed by atoms with van der Waals surface area (Å²) in [6.07, 6.45) is 1.83. The van der Waals surface area contributed by atoms with E-state index in [0.29, 0.717) is 37.1 Å². The number of amidine groups is 1. The fourth-order valence-corrected chi connectivity index (χ4v) is 3.59. The van der Waals surface area contributed by atoms with Crippen LogP contribution in [0, 0.1) is 0 Å². The first-order valence-corrected chi connectivity index (χ1v) is 8.37. The van der Waals surface area contributed by atoms with Crippen LogP contribution in [0.4, 0.5) is 0 Å². The van der Waals surface area contributed by atoms with Crippen molar-refractivity contribution in [2.24, 2.45) is 4.99 Å². The molecular formula is C16H16N2O4S. The zero-order valence-corrected chi connectivity index (χ0v) is 13.3. The van der Waals surface area contributed by atoms with Crippen LogP contribution < -0.4 is 9.47 Å². The number of ether oxygens (including phenoxy) is 3. The number of hydrogen-bond acceptors (Lipinski definition) is 6. The van der Waals surface area contributed by atoms with E-state index in [4.69, 9.17) is 14.2 Å². The number of carbonyl (C=O) groups is 1. The molecule has 0 saturated carbocycles. The largest absolute Gasteiger partial charge is 0.486 e. The maximum absolute atomic E-state index is 12.2. The molecule has 3 aliphatic heterocycles. The average molecular weight is 332 g/mol. The molecule has 0 atom stereocenters. The predicted octanol–water partition coefficient (Wildman–Crippen LogP) is 1.76. The second-order valence-corrected chi connectivity index (χ2v) is 6.29. The van der Waals surface area contributed by atoms with Crippen molar-refractivity contribution in [1.29, 1.82) is 0 Å². The molecular weight excluding hydrogens is 316 g/mol. The molecule has 0 aliphatic carbocycles. The number of fused-ring (bicyclic) bond motifs is 1. The molecule has 0 bridgehead atoms. The number of carbonyl (C=O) groups excluding carboxylic acids is 1. The molecule has 7 heteroatoms. The van der Waals surface area contributed by atoms with Gasteiger partial charge in [-0.05, 0) is 23.9 Å². The number of rotatable bonds is 1. The number of para-hydroxylation sites is 1. The van der Waals surface area contributed by atoms with Crippen molar-refractivity contribution in [2.45, 2.75) is 0 Å². The number of nitrogens with zero attached hydrogens (tertiary/aromatic N) is 2. The molecule has 6 nitrogen and oxygen atoms in total. The Hall–Kier alpha value is -1.99. The highest BCUT2D eigenvalue weighted by atomic mass is 32.2. The molecule has 1 saturated heterocycles. The first kappa shape index (κ1) is 14.6. The van der Waals surface area contributed by atoms with Crippen molar-refractivity contribution in [3.63, 3.8) is 0 Å². The number of hydrogen-bond donors (Lipinski definition) is 0. The van der Waals surface area contributed by atoms with Crippen molar-refractivity contribution in [3.8, 4) is 11.5 Å². The Balaban J connectivity index is 1.57. The molecule has 23 heavy (non-hydrogen) atoms. The standard InChI is InChI=1S/C16H16N2O4S/c19-15-13(23-16(17-15)18-4-6-20-7-5-18)10-11-2-1-3-12-14(11)22-9-8-21-12/h1-3,10H,4-9H2/b13-10+. The molecule has 120 valence electrons. The van der Waals surface area contributed by atoms with E-state index in [2.05, 4.69) is 9.89 Å². The Morgan fingerprint density at radius 2 is 1.96 bits per heavy atom. The van der Waals surface area contributed by atoms with Crippen LogP contribution in [0.3, 0.4) is 0 Å². The van der Waals surface area contributed by atoms with Gasteiger partial charge >= 0.3 is 0 Å². The van der Waals surface area contributed by atoms with Crippen LogP contribution in [0.2, 0.25) is 0 Å². The summed E-state index contributed by atoms with van der Waals surface area (Å²) in [4.78, 5) is 19.1. The van der Waals surface area contributed by atoms with E-state index in [1.165, 1.54) is 11.8 Å². The van der Waals surface area contributed by atoms with Crippen LogP contribution in [-0.2, 0) is 9.53 Å². The summed E-state index contributed by atoms with van der Waals surface area (Å²) in [5.41, 5.74) is 0.844. The van der Waals surface area contributed by atoms with Gasteiger partial charge in [-0.1, -0.05) is 12.1 Å². The van der Waals surface area contributed by atoms with Crippen molar-refractivity contribution < 1.29 is 19.0 Å². The summed E-state index contributed by atoms with van der Waals surface area (Å²) in [5, 5.41) is 0.756. The molecule has 1 fully saturated rings. The van der Waals surface area contributed by atoms with Crippen LogP contribution in [0.15, 0.2) is 28.1 Å². The van der Waals surface area contributed by atoms with E-state index in [-0.39, 0.29) is 5.91 Å². The summed E-state index contributed by atoms with van der Waals surface area (Å²) in [6, 6.07) is 5.69. The van der Waals surface area contributed by atoms with Gasteiger partial charge in [-0.15, -0.1) is 0 Å². The molecule has 3 heterocycles. The van der Waals surface area contributed by atoms with Crippen molar-refractivity contribution in [1.82, 2.24) is 4.90 Å². The minimum Gasteiger partial charge on any atom is -0.486 e. The van der Waals surface area contributed by atoms with E-state index in [1.807, 2.05) is 24.3 Å². The minimum atomic E-state index is -0.203. The summed E-state index contributed by atoms with van der Waals surface area (Å²) >= 11 is 1.41. The zero-order valence-electron chi connectivity index (χ0n) is 12.5. The van der Waals surface area contributed by atoms with Gasteiger partial charge in [0.05, 0.1) is 18.1 Å². The van der Waals surface area contributed by atoms with Gasteiger partial charge in [0.25, 0.3) is 5.91 Å². The van der Waals surface area contributed by atoms with Crippen molar-refractivity contribution in [3.05, 3.63) is 28.7 Å². The highest BCUT2D eigenvalue weighted by molar-refractivity contribution is 8.18. The Bertz CT molecular complexity index is 695.